The van der Waals surface area contributed by atoms with E-state index in [1.807, 2.05) is 0 Å². The number of ether oxygens (including phenoxy) is 1. The molecule has 10 nitrogen and oxygen atoms in total. The molecule has 0 bridgehead atoms. The Bertz CT molecular complexity index is 1200. The number of aryl methyl sites for hydroxylation is 2. The second kappa shape index (κ2) is 8.05. The van der Waals surface area contributed by atoms with Crippen LogP contribution in [0.4, 0.5) is 11.5 Å². The van der Waals surface area contributed by atoms with Crippen molar-refractivity contribution in [3.05, 3.63) is 58.1 Å². The van der Waals surface area contributed by atoms with Crippen molar-refractivity contribution in [1.82, 2.24) is 19.7 Å². The quantitative estimate of drug-likeness (QED) is 0.644. The molecule has 10 heteroatoms. The molecule has 0 aliphatic carbocycles. The van der Waals surface area contributed by atoms with Gasteiger partial charge in [-0.15, -0.1) is 0 Å². The molecule has 2 amide bonds. The Morgan fingerprint density at radius 1 is 1.16 bits per heavy atom. The third-order valence-electron chi connectivity index (χ3n) is 5.02. The molecule has 1 aliphatic rings. The van der Waals surface area contributed by atoms with E-state index in [4.69, 9.17) is 4.74 Å². The standard InChI is InChI=1S/C21H22N6O4/c1-12-9-18(28)24-21(22-12)27-17(8-13(2)25-27)23-20(30)14-10-19(29)26(11-14)15-4-6-16(31-3)7-5-15/h4-9,14H,10-11H2,1-3H3,(H,23,30)(H,22,24,28)/t14-/m1/s1. The zero-order valence-corrected chi connectivity index (χ0v) is 17.4. The van der Waals surface area contributed by atoms with Crippen molar-refractivity contribution in [1.29, 1.82) is 0 Å². The van der Waals surface area contributed by atoms with Crippen molar-refractivity contribution in [3.8, 4) is 11.7 Å². The van der Waals surface area contributed by atoms with Gasteiger partial charge < -0.3 is 15.0 Å². The van der Waals surface area contributed by atoms with Crippen LogP contribution < -0.4 is 20.5 Å². The molecule has 0 unspecified atom stereocenters. The first-order valence-electron chi connectivity index (χ1n) is 9.74. The number of nitrogens with one attached hydrogen (secondary N) is 2. The van der Waals surface area contributed by atoms with Crippen LogP contribution >= 0.6 is 0 Å². The highest BCUT2D eigenvalue weighted by molar-refractivity contribution is 6.03. The number of benzene rings is 1. The van der Waals surface area contributed by atoms with E-state index in [-0.39, 0.29) is 36.3 Å². The molecule has 1 aromatic carbocycles. The molecule has 1 aliphatic heterocycles. The summed E-state index contributed by atoms with van der Waals surface area (Å²) in [6.45, 7) is 3.74. The Kier molecular flexibility index (Phi) is 5.28. The second-order valence-electron chi connectivity index (χ2n) is 7.39. The summed E-state index contributed by atoms with van der Waals surface area (Å²) in [7, 11) is 1.57. The summed E-state index contributed by atoms with van der Waals surface area (Å²) in [5.74, 6) is 0.307. The molecule has 3 heterocycles. The number of H-pyrrole nitrogens is 1. The smallest absolute Gasteiger partial charge is 0.252 e. The predicted octanol–water partition coefficient (Wildman–Crippen LogP) is 1.57. The highest BCUT2D eigenvalue weighted by Gasteiger charge is 2.35. The van der Waals surface area contributed by atoms with Gasteiger partial charge in [0.25, 0.3) is 5.56 Å². The fraction of sp³-hybridized carbons (Fsp3) is 0.286. The number of hydrogen-bond donors (Lipinski definition) is 2. The van der Waals surface area contributed by atoms with Gasteiger partial charge in [-0.3, -0.25) is 19.4 Å². The van der Waals surface area contributed by atoms with Crippen molar-refractivity contribution in [2.24, 2.45) is 5.92 Å². The second-order valence-corrected chi connectivity index (χ2v) is 7.39. The Hall–Kier alpha value is -3.95. The van der Waals surface area contributed by atoms with E-state index in [0.717, 1.165) is 0 Å². The first kappa shape index (κ1) is 20.3. The fourth-order valence-corrected chi connectivity index (χ4v) is 3.54. The van der Waals surface area contributed by atoms with Gasteiger partial charge in [-0.25, -0.2) is 4.98 Å². The molecule has 0 spiro atoms. The van der Waals surface area contributed by atoms with Gasteiger partial charge in [0, 0.05) is 36.5 Å². The lowest BCUT2D eigenvalue weighted by molar-refractivity contribution is -0.122. The first-order valence-corrected chi connectivity index (χ1v) is 9.74. The number of methoxy groups -OCH3 is 1. The molecule has 2 N–H and O–H groups in total. The number of nitrogens with zero attached hydrogens (tertiary/aromatic N) is 4. The van der Waals surface area contributed by atoms with E-state index in [1.54, 1.807) is 56.2 Å². The largest absolute Gasteiger partial charge is 0.497 e. The van der Waals surface area contributed by atoms with Crippen molar-refractivity contribution in [3.63, 3.8) is 0 Å². The molecule has 3 aromatic rings. The lowest BCUT2D eigenvalue weighted by atomic mass is 10.1. The topological polar surface area (TPSA) is 122 Å². The summed E-state index contributed by atoms with van der Waals surface area (Å²) < 4.78 is 6.52. The minimum atomic E-state index is -0.525. The molecule has 1 fully saturated rings. The van der Waals surface area contributed by atoms with Gasteiger partial charge in [-0.05, 0) is 38.1 Å². The molecule has 1 atom stereocenters. The first-order chi connectivity index (χ1) is 14.8. The number of anilines is 2. The molecule has 160 valence electrons. The van der Waals surface area contributed by atoms with Crippen LogP contribution in [0.25, 0.3) is 5.95 Å². The highest BCUT2D eigenvalue weighted by Crippen LogP contribution is 2.28. The van der Waals surface area contributed by atoms with Crippen LogP contribution in [0.5, 0.6) is 5.75 Å². The number of aromatic nitrogens is 4. The maximum atomic E-state index is 12.9. The Labute approximate surface area is 177 Å². The zero-order chi connectivity index (χ0) is 22.1. The number of aromatic amines is 1. The molecule has 31 heavy (non-hydrogen) atoms. The Morgan fingerprint density at radius 2 is 1.90 bits per heavy atom. The molecule has 0 radical (unpaired) electrons. The maximum Gasteiger partial charge on any atom is 0.252 e. The third kappa shape index (κ3) is 4.18. The lowest BCUT2D eigenvalue weighted by Crippen LogP contribution is -2.28. The van der Waals surface area contributed by atoms with Gasteiger partial charge in [-0.2, -0.15) is 9.78 Å². The van der Waals surface area contributed by atoms with Crippen molar-refractivity contribution >= 4 is 23.3 Å². The van der Waals surface area contributed by atoms with Gasteiger partial charge in [-0.1, -0.05) is 0 Å². The van der Waals surface area contributed by atoms with Crippen molar-refractivity contribution in [2.75, 3.05) is 23.9 Å². The lowest BCUT2D eigenvalue weighted by Gasteiger charge is -2.17. The minimum Gasteiger partial charge on any atom is -0.497 e. The average Bonchev–Trinajstić information content (AvgIpc) is 3.30. The van der Waals surface area contributed by atoms with E-state index in [2.05, 4.69) is 20.4 Å². The summed E-state index contributed by atoms with van der Waals surface area (Å²) >= 11 is 0. The predicted molar refractivity (Wildman–Crippen MR) is 114 cm³/mol. The van der Waals surface area contributed by atoms with Crippen LogP contribution in [0.3, 0.4) is 0 Å². The number of amides is 2. The molecular formula is C21H22N6O4. The van der Waals surface area contributed by atoms with Gasteiger partial charge in [0.15, 0.2) is 0 Å². The average molecular weight is 422 g/mol. The van der Waals surface area contributed by atoms with Crippen molar-refractivity contribution < 1.29 is 14.3 Å². The van der Waals surface area contributed by atoms with E-state index in [1.165, 1.54) is 10.7 Å². The van der Waals surface area contributed by atoms with Crippen LogP contribution in [-0.2, 0) is 9.59 Å². The SMILES string of the molecule is COc1ccc(N2C[C@H](C(=O)Nc3cc(C)nn3-c3nc(C)cc(=O)[nH]3)CC2=O)cc1. The number of carbonyl (C=O) groups is 2. The highest BCUT2D eigenvalue weighted by atomic mass is 16.5. The number of hydrogen-bond acceptors (Lipinski definition) is 6. The molecular weight excluding hydrogens is 400 g/mol. The fourth-order valence-electron chi connectivity index (χ4n) is 3.54. The van der Waals surface area contributed by atoms with Crippen LogP contribution in [0, 0.1) is 19.8 Å². The summed E-state index contributed by atoms with van der Waals surface area (Å²) in [6, 6.07) is 10.2. The van der Waals surface area contributed by atoms with E-state index >= 15 is 0 Å². The van der Waals surface area contributed by atoms with E-state index in [0.29, 0.717) is 28.6 Å². The van der Waals surface area contributed by atoms with Crippen LogP contribution in [0.1, 0.15) is 17.8 Å². The van der Waals surface area contributed by atoms with Gasteiger partial charge in [0.1, 0.15) is 11.6 Å². The summed E-state index contributed by atoms with van der Waals surface area (Å²) in [4.78, 5) is 45.7. The summed E-state index contributed by atoms with van der Waals surface area (Å²) in [5.41, 5.74) is 1.57. The normalized spacial score (nSPS) is 15.9. The Balaban J connectivity index is 1.52. The van der Waals surface area contributed by atoms with Gasteiger partial charge in [0.05, 0.1) is 18.7 Å². The number of carbonyl (C=O) groups excluding carboxylic acids is 2. The summed E-state index contributed by atoms with van der Waals surface area (Å²) in [5, 5.41) is 7.14. The van der Waals surface area contributed by atoms with E-state index in [9.17, 15) is 14.4 Å². The monoisotopic (exact) mass is 422 g/mol. The molecule has 2 aromatic heterocycles. The van der Waals surface area contributed by atoms with Crippen LogP contribution in [-0.4, -0.2) is 45.2 Å². The minimum absolute atomic E-state index is 0.102. The summed E-state index contributed by atoms with van der Waals surface area (Å²) in [6.07, 6.45) is 0.102. The number of rotatable bonds is 5. The molecule has 0 saturated carbocycles. The molecule has 4 rings (SSSR count). The Morgan fingerprint density at radius 3 is 2.58 bits per heavy atom. The maximum absolute atomic E-state index is 12.9. The van der Waals surface area contributed by atoms with Crippen LogP contribution in [0.15, 0.2) is 41.2 Å². The van der Waals surface area contributed by atoms with Gasteiger partial charge in [0.2, 0.25) is 17.8 Å². The van der Waals surface area contributed by atoms with E-state index < -0.39 is 5.92 Å². The van der Waals surface area contributed by atoms with Gasteiger partial charge >= 0.3 is 0 Å². The van der Waals surface area contributed by atoms with Crippen molar-refractivity contribution in [2.45, 2.75) is 20.3 Å². The molecule has 1 saturated heterocycles. The third-order valence-corrected chi connectivity index (χ3v) is 5.02. The van der Waals surface area contributed by atoms with Crippen LogP contribution in [0.2, 0.25) is 0 Å². The zero-order valence-electron chi connectivity index (χ0n) is 17.4.